The van der Waals surface area contributed by atoms with Gasteiger partial charge in [-0.2, -0.15) is 0 Å². The molecule has 1 fully saturated rings. The quantitative estimate of drug-likeness (QED) is 0.747. The minimum Gasteiger partial charge on any atom is -0.480 e. The number of thioether (sulfide) groups is 1. The molecule has 1 aliphatic carbocycles. The SMILES string of the molecule is CCC(SCCC(=O)NC1CCCCC1)C(=O)O. The standard InChI is InChI=1S/C13H23NO3S/c1-2-11(13(16)17)18-9-8-12(15)14-10-6-4-3-5-7-10/h10-11H,2-9H2,1H3,(H,14,15)(H,16,17). The van der Waals surface area contributed by atoms with E-state index in [1.54, 1.807) is 0 Å². The van der Waals surface area contributed by atoms with Gasteiger partial charge in [0.1, 0.15) is 5.25 Å². The van der Waals surface area contributed by atoms with Gasteiger partial charge in [-0.25, -0.2) is 0 Å². The summed E-state index contributed by atoms with van der Waals surface area (Å²) in [5.41, 5.74) is 0. The van der Waals surface area contributed by atoms with Crippen LogP contribution in [0.25, 0.3) is 0 Å². The Morgan fingerprint density at radius 2 is 2.00 bits per heavy atom. The molecule has 4 nitrogen and oxygen atoms in total. The molecule has 18 heavy (non-hydrogen) atoms. The molecule has 1 aliphatic rings. The lowest BCUT2D eigenvalue weighted by molar-refractivity contribution is -0.136. The fourth-order valence-electron chi connectivity index (χ4n) is 2.20. The van der Waals surface area contributed by atoms with Crippen LogP contribution in [0.5, 0.6) is 0 Å². The van der Waals surface area contributed by atoms with Gasteiger partial charge in [-0.15, -0.1) is 11.8 Å². The van der Waals surface area contributed by atoms with Crippen LogP contribution in [0.1, 0.15) is 51.9 Å². The molecule has 1 unspecified atom stereocenters. The number of carbonyl (C=O) groups is 2. The second-order valence-electron chi connectivity index (χ2n) is 4.76. The second-order valence-corrected chi connectivity index (χ2v) is 6.07. The van der Waals surface area contributed by atoms with E-state index in [0.717, 1.165) is 12.8 Å². The number of hydrogen-bond acceptors (Lipinski definition) is 3. The van der Waals surface area contributed by atoms with Crippen molar-refractivity contribution in [2.45, 2.75) is 63.2 Å². The lowest BCUT2D eigenvalue weighted by atomic mass is 9.95. The molecule has 2 N–H and O–H groups in total. The molecule has 1 saturated carbocycles. The van der Waals surface area contributed by atoms with E-state index in [9.17, 15) is 9.59 Å². The predicted octanol–water partition coefficient (Wildman–Crippen LogP) is 2.42. The van der Waals surface area contributed by atoms with E-state index >= 15 is 0 Å². The van der Waals surface area contributed by atoms with Crippen LogP contribution in [0.15, 0.2) is 0 Å². The first-order chi connectivity index (χ1) is 8.63. The molecule has 0 saturated heterocycles. The average molecular weight is 273 g/mol. The molecule has 1 amide bonds. The number of hydrogen-bond donors (Lipinski definition) is 2. The van der Waals surface area contributed by atoms with Crippen LogP contribution in [-0.2, 0) is 9.59 Å². The minimum absolute atomic E-state index is 0.0645. The van der Waals surface area contributed by atoms with Gasteiger partial charge >= 0.3 is 5.97 Å². The Kier molecular flexibility index (Phi) is 7.16. The maximum absolute atomic E-state index is 11.7. The molecule has 0 bridgehead atoms. The van der Waals surface area contributed by atoms with Crippen molar-refractivity contribution in [3.05, 3.63) is 0 Å². The van der Waals surface area contributed by atoms with Crippen molar-refractivity contribution in [2.75, 3.05) is 5.75 Å². The molecule has 1 atom stereocenters. The van der Waals surface area contributed by atoms with Crippen molar-refractivity contribution >= 4 is 23.6 Å². The summed E-state index contributed by atoms with van der Waals surface area (Å²) in [5, 5.41) is 11.5. The zero-order valence-corrected chi connectivity index (χ0v) is 11.8. The third kappa shape index (κ3) is 5.76. The highest BCUT2D eigenvalue weighted by Crippen LogP contribution is 2.18. The predicted molar refractivity (Wildman–Crippen MR) is 73.8 cm³/mol. The van der Waals surface area contributed by atoms with Gasteiger partial charge in [-0.05, 0) is 19.3 Å². The molecular formula is C13H23NO3S. The molecular weight excluding hydrogens is 250 g/mol. The molecule has 5 heteroatoms. The highest BCUT2D eigenvalue weighted by molar-refractivity contribution is 8.00. The van der Waals surface area contributed by atoms with Gasteiger partial charge in [0.25, 0.3) is 0 Å². The Morgan fingerprint density at radius 1 is 1.33 bits per heavy atom. The second kappa shape index (κ2) is 8.40. The zero-order chi connectivity index (χ0) is 13.4. The van der Waals surface area contributed by atoms with Crippen molar-refractivity contribution in [1.82, 2.24) is 5.32 Å². The van der Waals surface area contributed by atoms with Gasteiger partial charge in [0.2, 0.25) is 5.91 Å². The van der Waals surface area contributed by atoms with Gasteiger partial charge in [0, 0.05) is 18.2 Å². The summed E-state index contributed by atoms with van der Waals surface area (Å²) in [6, 6.07) is 0.345. The smallest absolute Gasteiger partial charge is 0.316 e. The lowest BCUT2D eigenvalue weighted by Crippen LogP contribution is -2.36. The summed E-state index contributed by atoms with van der Waals surface area (Å²) in [7, 11) is 0. The third-order valence-electron chi connectivity index (χ3n) is 3.26. The molecule has 0 spiro atoms. The van der Waals surface area contributed by atoms with Gasteiger partial charge in [0.15, 0.2) is 0 Å². The monoisotopic (exact) mass is 273 g/mol. The number of amides is 1. The number of aliphatic carboxylic acids is 1. The van der Waals surface area contributed by atoms with E-state index in [0.29, 0.717) is 24.6 Å². The van der Waals surface area contributed by atoms with Crippen molar-refractivity contribution in [3.63, 3.8) is 0 Å². The van der Waals surface area contributed by atoms with E-state index in [4.69, 9.17) is 5.11 Å². The first-order valence-corrected chi connectivity index (χ1v) is 7.82. The summed E-state index contributed by atoms with van der Waals surface area (Å²) in [5.74, 6) is -0.131. The number of carboxylic acids is 1. The van der Waals surface area contributed by atoms with Crippen LogP contribution in [0.4, 0.5) is 0 Å². The van der Waals surface area contributed by atoms with Crippen LogP contribution in [0.3, 0.4) is 0 Å². The van der Waals surface area contributed by atoms with Gasteiger partial charge in [-0.1, -0.05) is 26.2 Å². The van der Waals surface area contributed by atoms with Gasteiger partial charge < -0.3 is 10.4 Å². The Bertz CT molecular complexity index is 277. The largest absolute Gasteiger partial charge is 0.480 e. The number of carbonyl (C=O) groups excluding carboxylic acids is 1. The van der Waals surface area contributed by atoms with Crippen molar-refractivity contribution in [2.24, 2.45) is 0 Å². The molecule has 0 aromatic carbocycles. The fraction of sp³-hybridized carbons (Fsp3) is 0.846. The van der Waals surface area contributed by atoms with E-state index in [2.05, 4.69) is 5.32 Å². The van der Waals surface area contributed by atoms with Crippen LogP contribution in [0.2, 0.25) is 0 Å². The molecule has 0 heterocycles. The van der Waals surface area contributed by atoms with E-state index in [-0.39, 0.29) is 11.2 Å². The Hall–Kier alpha value is -0.710. The number of rotatable bonds is 7. The summed E-state index contributed by atoms with van der Waals surface area (Å²) in [6.07, 6.45) is 6.89. The molecule has 0 aliphatic heterocycles. The lowest BCUT2D eigenvalue weighted by Gasteiger charge is -2.22. The van der Waals surface area contributed by atoms with Crippen molar-refractivity contribution in [1.29, 1.82) is 0 Å². The van der Waals surface area contributed by atoms with Crippen LogP contribution < -0.4 is 5.32 Å². The van der Waals surface area contributed by atoms with Crippen molar-refractivity contribution < 1.29 is 14.7 Å². The summed E-state index contributed by atoms with van der Waals surface area (Å²) < 4.78 is 0. The Labute approximate surface area is 113 Å². The Morgan fingerprint density at radius 3 is 2.56 bits per heavy atom. The van der Waals surface area contributed by atoms with E-state index in [1.165, 1.54) is 31.0 Å². The first-order valence-electron chi connectivity index (χ1n) is 6.77. The maximum Gasteiger partial charge on any atom is 0.316 e. The average Bonchev–Trinajstić information content (AvgIpc) is 2.35. The molecule has 104 valence electrons. The van der Waals surface area contributed by atoms with Gasteiger partial charge in [0.05, 0.1) is 0 Å². The molecule has 0 aromatic heterocycles. The molecule has 1 rings (SSSR count). The van der Waals surface area contributed by atoms with E-state index in [1.807, 2.05) is 6.92 Å². The topological polar surface area (TPSA) is 66.4 Å². The highest BCUT2D eigenvalue weighted by atomic mass is 32.2. The van der Waals surface area contributed by atoms with Crippen LogP contribution >= 0.6 is 11.8 Å². The number of nitrogens with one attached hydrogen (secondary N) is 1. The van der Waals surface area contributed by atoms with Gasteiger partial charge in [-0.3, -0.25) is 9.59 Å². The minimum atomic E-state index is -0.782. The summed E-state index contributed by atoms with van der Waals surface area (Å²) in [4.78, 5) is 22.5. The zero-order valence-electron chi connectivity index (χ0n) is 11.0. The molecule has 0 aromatic rings. The van der Waals surface area contributed by atoms with Crippen molar-refractivity contribution in [3.8, 4) is 0 Å². The normalized spacial score (nSPS) is 18.3. The van der Waals surface area contributed by atoms with E-state index < -0.39 is 5.97 Å². The first kappa shape index (κ1) is 15.3. The molecule has 0 radical (unpaired) electrons. The van der Waals surface area contributed by atoms with Crippen LogP contribution in [0, 0.1) is 0 Å². The fourth-order valence-corrected chi connectivity index (χ4v) is 3.17. The summed E-state index contributed by atoms with van der Waals surface area (Å²) >= 11 is 1.36. The number of carboxylic acid groups (broad SMARTS) is 1. The van der Waals surface area contributed by atoms with Crippen LogP contribution in [-0.4, -0.2) is 34.0 Å². The highest BCUT2D eigenvalue weighted by Gasteiger charge is 2.18. The third-order valence-corrected chi connectivity index (χ3v) is 4.64. The Balaban J connectivity index is 2.14. The summed E-state index contributed by atoms with van der Waals surface area (Å²) in [6.45, 7) is 1.86. The maximum atomic E-state index is 11.7.